The fourth-order valence-corrected chi connectivity index (χ4v) is 3.99. The molecule has 3 aromatic carbocycles. The molecule has 3 heteroatoms. The Morgan fingerprint density at radius 1 is 0.750 bits per heavy atom. The van der Waals surface area contributed by atoms with Crippen LogP contribution in [0.3, 0.4) is 0 Å². The molecule has 0 saturated carbocycles. The maximum Gasteiger partial charge on any atom is 0.239 e. The highest BCUT2D eigenvalue weighted by Crippen LogP contribution is 2.27. The Hall–Kier alpha value is -2.94. The number of hydrogen-bond donors (Lipinski definition) is 0. The first kappa shape index (κ1) is 18.4. The maximum absolute atomic E-state index is 5.02. The largest absolute Gasteiger partial charge is 0.372 e. The molecular formula is C25H28N3+. The van der Waals surface area contributed by atoms with Crippen LogP contribution >= 0.6 is 0 Å². The van der Waals surface area contributed by atoms with E-state index in [0.29, 0.717) is 0 Å². The fraction of sp³-hybridized carbons (Fsp3) is 0.280. The van der Waals surface area contributed by atoms with Gasteiger partial charge in [-0.1, -0.05) is 23.8 Å². The van der Waals surface area contributed by atoms with Crippen LogP contribution in [0.1, 0.15) is 30.5 Å². The summed E-state index contributed by atoms with van der Waals surface area (Å²) in [5.74, 6) is 0. The van der Waals surface area contributed by atoms with Gasteiger partial charge < -0.3 is 4.90 Å². The van der Waals surface area contributed by atoms with Crippen molar-refractivity contribution in [3.8, 4) is 5.69 Å². The van der Waals surface area contributed by atoms with Crippen molar-refractivity contribution in [2.24, 2.45) is 0 Å². The molecule has 0 bridgehead atoms. The molecule has 0 aliphatic carbocycles. The van der Waals surface area contributed by atoms with Crippen molar-refractivity contribution in [3.63, 3.8) is 0 Å². The van der Waals surface area contributed by atoms with Crippen molar-refractivity contribution in [2.45, 2.75) is 34.6 Å². The molecule has 0 aliphatic heterocycles. The summed E-state index contributed by atoms with van der Waals surface area (Å²) in [6.07, 6.45) is 0. The van der Waals surface area contributed by atoms with E-state index in [0.717, 1.165) is 35.2 Å². The van der Waals surface area contributed by atoms with Crippen LogP contribution in [0.4, 0.5) is 5.69 Å². The van der Waals surface area contributed by atoms with Gasteiger partial charge in [-0.15, -0.1) is 4.57 Å². The predicted molar refractivity (Wildman–Crippen MR) is 119 cm³/mol. The maximum atomic E-state index is 5.02. The molecular weight excluding hydrogens is 342 g/mol. The lowest BCUT2D eigenvalue weighted by molar-refractivity contribution is -0.538. The summed E-state index contributed by atoms with van der Waals surface area (Å²) in [4.78, 5) is 7.43. The number of aryl methyl sites for hydroxylation is 3. The molecule has 4 rings (SSSR count). The summed E-state index contributed by atoms with van der Waals surface area (Å²) in [6, 6.07) is 19.8. The van der Waals surface area contributed by atoms with Crippen LogP contribution in [0.25, 0.3) is 27.8 Å². The topological polar surface area (TPSA) is 20.0 Å². The van der Waals surface area contributed by atoms with Gasteiger partial charge in [-0.05, 0) is 57.9 Å². The first-order valence-corrected chi connectivity index (χ1v) is 10.1. The second-order valence-corrected chi connectivity index (χ2v) is 7.57. The van der Waals surface area contributed by atoms with Crippen LogP contribution in [-0.4, -0.2) is 18.1 Å². The Balaban J connectivity index is 2.13. The van der Waals surface area contributed by atoms with Crippen molar-refractivity contribution in [1.29, 1.82) is 0 Å². The second-order valence-electron chi connectivity index (χ2n) is 7.57. The summed E-state index contributed by atoms with van der Waals surface area (Å²) < 4.78 is 2.35. The minimum Gasteiger partial charge on any atom is -0.372 e. The number of hydrogen-bond acceptors (Lipinski definition) is 2. The molecule has 4 aromatic rings. The highest BCUT2D eigenvalue weighted by molar-refractivity contribution is 5.86. The van der Waals surface area contributed by atoms with Gasteiger partial charge in [0.15, 0.2) is 0 Å². The minimum absolute atomic E-state index is 0.994. The van der Waals surface area contributed by atoms with Crippen LogP contribution in [0.15, 0.2) is 54.6 Å². The van der Waals surface area contributed by atoms with Crippen LogP contribution < -0.4 is 9.47 Å². The Morgan fingerprint density at radius 2 is 1.39 bits per heavy atom. The lowest BCUT2D eigenvalue weighted by atomic mass is 10.1. The van der Waals surface area contributed by atoms with E-state index in [1.165, 1.54) is 28.1 Å². The van der Waals surface area contributed by atoms with E-state index in [-0.39, 0.29) is 0 Å². The van der Waals surface area contributed by atoms with Crippen molar-refractivity contribution < 1.29 is 4.57 Å². The molecule has 0 radical (unpaired) electrons. The van der Waals surface area contributed by atoms with Crippen LogP contribution in [-0.2, 0) is 0 Å². The zero-order valence-electron chi connectivity index (χ0n) is 17.5. The molecule has 1 aromatic heterocycles. The van der Waals surface area contributed by atoms with Gasteiger partial charge in [-0.25, -0.2) is 4.98 Å². The van der Waals surface area contributed by atoms with E-state index < -0.39 is 0 Å². The van der Waals surface area contributed by atoms with Crippen LogP contribution in [0, 0.1) is 20.8 Å². The summed E-state index contributed by atoms with van der Waals surface area (Å²) >= 11 is 0. The zero-order valence-corrected chi connectivity index (χ0v) is 17.5. The van der Waals surface area contributed by atoms with E-state index in [4.69, 9.17) is 4.98 Å². The summed E-state index contributed by atoms with van der Waals surface area (Å²) in [5, 5.41) is 0. The number of fused-ring (bicyclic) bond motifs is 2. The third-order valence-corrected chi connectivity index (χ3v) is 5.54. The van der Waals surface area contributed by atoms with Crippen LogP contribution in [0.2, 0.25) is 0 Å². The minimum atomic E-state index is 0.994. The van der Waals surface area contributed by atoms with E-state index in [9.17, 15) is 0 Å². The van der Waals surface area contributed by atoms with E-state index in [2.05, 4.69) is 98.7 Å². The molecule has 0 atom stereocenters. The van der Waals surface area contributed by atoms with E-state index in [1.807, 2.05) is 0 Å². The van der Waals surface area contributed by atoms with Gasteiger partial charge in [0, 0.05) is 43.0 Å². The smallest absolute Gasteiger partial charge is 0.239 e. The molecule has 0 unspecified atom stereocenters. The molecule has 0 aliphatic rings. The van der Waals surface area contributed by atoms with Crippen molar-refractivity contribution in [2.75, 3.05) is 18.0 Å². The molecule has 0 N–H and O–H groups in total. The fourth-order valence-electron chi connectivity index (χ4n) is 3.99. The number of nitrogens with zero attached hydrogens (tertiary/aromatic N) is 3. The molecule has 142 valence electrons. The summed E-state index contributed by atoms with van der Waals surface area (Å²) in [7, 11) is 0. The first-order chi connectivity index (χ1) is 13.5. The molecule has 0 amide bonds. The number of benzene rings is 3. The molecule has 0 saturated heterocycles. The van der Waals surface area contributed by atoms with Crippen molar-refractivity contribution in [3.05, 3.63) is 71.3 Å². The highest BCUT2D eigenvalue weighted by Gasteiger charge is 2.21. The van der Waals surface area contributed by atoms with Crippen LogP contribution in [0.5, 0.6) is 0 Å². The zero-order chi connectivity index (χ0) is 19.8. The Morgan fingerprint density at radius 3 is 2.07 bits per heavy atom. The highest BCUT2D eigenvalue weighted by atomic mass is 15.1. The molecule has 3 nitrogen and oxygen atoms in total. The molecule has 0 fully saturated rings. The van der Waals surface area contributed by atoms with Gasteiger partial charge in [0.25, 0.3) is 0 Å². The van der Waals surface area contributed by atoms with Crippen molar-refractivity contribution in [1.82, 2.24) is 4.98 Å². The lowest BCUT2D eigenvalue weighted by Gasteiger charge is -2.23. The molecule has 1 heterocycles. The third kappa shape index (κ3) is 3.11. The lowest BCUT2D eigenvalue weighted by Crippen LogP contribution is -2.34. The Kier molecular flexibility index (Phi) is 4.76. The standard InChI is InChI=1S/C25H28N3/c1-6-27(7-2)24-16-25-22(15-19(24)5)26-21-14-18(4)10-13-23(21)28(25)20-11-8-17(3)9-12-20/h8-16H,6-7H2,1-5H3/q+1. The Bertz CT molecular complexity index is 1160. The summed E-state index contributed by atoms with van der Waals surface area (Å²) in [6.45, 7) is 12.8. The van der Waals surface area contributed by atoms with E-state index >= 15 is 0 Å². The quantitative estimate of drug-likeness (QED) is 0.352. The van der Waals surface area contributed by atoms with Gasteiger partial charge in [0.1, 0.15) is 11.0 Å². The van der Waals surface area contributed by atoms with Gasteiger partial charge >= 0.3 is 0 Å². The van der Waals surface area contributed by atoms with Crippen molar-refractivity contribution >= 4 is 27.8 Å². The summed E-state index contributed by atoms with van der Waals surface area (Å²) in [5.41, 5.74) is 10.6. The first-order valence-electron chi connectivity index (χ1n) is 10.1. The monoisotopic (exact) mass is 370 g/mol. The predicted octanol–water partition coefficient (Wildman–Crippen LogP) is 5.44. The van der Waals surface area contributed by atoms with E-state index in [1.54, 1.807) is 0 Å². The van der Waals surface area contributed by atoms with Gasteiger partial charge in [-0.3, -0.25) is 0 Å². The third-order valence-electron chi connectivity index (χ3n) is 5.54. The number of anilines is 1. The normalized spacial score (nSPS) is 11.3. The average Bonchev–Trinajstić information content (AvgIpc) is 2.68. The number of rotatable bonds is 4. The van der Waals surface area contributed by atoms with Gasteiger partial charge in [0.05, 0.1) is 0 Å². The number of aromatic nitrogens is 2. The van der Waals surface area contributed by atoms with Gasteiger partial charge in [0.2, 0.25) is 16.7 Å². The average molecular weight is 371 g/mol. The second kappa shape index (κ2) is 7.23. The molecule has 0 spiro atoms. The van der Waals surface area contributed by atoms with Gasteiger partial charge in [-0.2, -0.15) is 0 Å². The molecule has 28 heavy (non-hydrogen) atoms. The Labute approximate surface area is 167 Å². The SMILES string of the molecule is CCN(CC)c1cc2c(cc1C)nc1cc(C)ccc1[n+]2-c1ccc(C)cc1.